The molecule has 2 rings (SSSR count). The van der Waals surface area contributed by atoms with Crippen LogP contribution >= 0.6 is 0 Å². The van der Waals surface area contributed by atoms with Crippen LogP contribution in [0.5, 0.6) is 0 Å². The molecule has 0 radical (unpaired) electrons. The van der Waals surface area contributed by atoms with Crippen molar-refractivity contribution in [1.29, 1.82) is 0 Å². The Hall–Kier alpha value is -1.61. The highest BCUT2D eigenvalue weighted by molar-refractivity contribution is 5.85. The van der Waals surface area contributed by atoms with Gasteiger partial charge in [-0.2, -0.15) is 0 Å². The second-order valence-electron chi connectivity index (χ2n) is 5.43. The lowest BCUT2D eigenvalue weighted by molar-refractivity contribution is -0.131. The van der Waals surface area contributed by atoms with Crippen LogP contribution in [0.15, 0.2) is 30.3 Å². The second-order valence-corrected chi connectivity index (χ2v) is 5.43. The van der Waals surface area contributed by atoms with Crippen molar-refractivity contribution < 1.29 is 9.90 Å². The van der Waals surface area contributed by atoms with Crippen molar-refractivity contribution in [3.8, 4) is 0 Å². The van der Waals surface area contributed by atoms with Crippen LogP contribution < -0.4 is 0 Å². The minimum atomic E-state index is -0.898. The Labute approximate surface area is 120 Å². The lowest BCUT2D eigenvalue weighted by atomic mass is 10.1. The first-order valence-electron chi connectivity index (χ1n) is 7.43. The summed E-state index contributed by atoms with van der Waals surface area (Å²) in [5.41, 5.74) is 2.23. The van der Waals surface area contributed by atoms with Gasteiger partial charge in [0, 0.05) is 18.7 Å². The third-order valence-electron chi connectivity index (χ3n) is 3.70. The molecule has 1 N–H and O–H groups in total. The number of carbonyl (C=O) groups is 1. The summed E-state index contributed by atoms with van der Waals surface area (Å²) in [7, 11) is 0. The largest absolute Gasteiger partial charge is 0.478 e. The molecule has 0 aromatic heterocycles. The number of benzene rings is 1. The molecule has 0 atom stereocenters. The average molecular weight is 273 g/mol. The highest BCUT2D eigenvalue weighted by Gasteiger charge is 2.28. The normalized spacial score (nSPS) is 15.1. The zero-order chi connectivity index (χ0) is 14.4. The number of hydrogen-bond acceptors (Lipinski definition) is 2. The Kier molecular flexibility index (Phi) is 5.36. The zero-order valence-corrected chi connectivity index (χ0v) is 12.1. The molecule has 0 aliphatic heterocycles. The third kappa shape index (κ3) is 4.49. The van der Waals surface area contributed by atoms with E-state index < -0.39 is 5.97 Å². The first-order chi connectivity index (χ1) is 9.70. The summed E-state index contributed by atoms with van der Waals surface area (Å²) in [6.07, 6.45) is 7.95. The van der Waals surface area contributed by atoms with Gasteiger partial charge in [0.1, 0.15) is 0 Å². The van der Waals surface area contributed by atoms with E-state index in [2.05, 4.69) is 17.9 Å². The van der Waals surface area contributed by atoms with Crippen LogP contribution in [0.25, 0.3) is 6.08 Å². The predicted octanol–water partition coefficient (Wildman–Crippen LogP) is 3.55. The maximum atomic E-state index is 10.7. The summed E-state index contributed by atoms with van der Waals surface area (Å²) in [6, 6.07) is 8.80. The Morgan fingerprint density at radius 2 is 2.15 bits per heavy atom. The van der Waals surface area contributed by atoms with Crippen LogP contribution in [0.4, 0.5) is 0 Å². The average Bonchev–Trinajstić information content (AvgIpc) is 3.26. The van der Waals surface area contributed by atoms with Crippen LogP contribution in [0.1, 0.15) is 43.7 Å². The molecular formula is C17H23NO2. The zero-order valence-electron chi connectivity index (χ0n) is 12.1. The number of rotatable bonds is 8. The SMILES string of the molecule is CCCCN(Cc1ccccc1C=CC(=O)O)C1CC1. The number of carboxylic acids is 1. The molecule has 1 aliphatic rings. The van der Waals surface area contributed by atoms with Gasteiger partial charge in [0.15, 0.2) is 0 Å². The van der Waals surface area contributed by atoms with Crippen LogP contribution in [0.2, 0.25) is 0 Å². The number of aliphatic carboxylic acids is 1. The van der Waals surface area contributed by atoms with Crippen LogP contribution in [0.3, 0.4) is 0 Å². The lowest BCUT2D eigenvalue weighted by Crippen LogP contribution is -2.27. The summed E-state index contributed by atoms with van der Waals surface area (Å²) in [5.74, 6) is -0.898. The molecule has 20 heavy (non-hydrogen) atoms. The number of nitrogens with zero attached hydrogens (tertiary/aromatic N) is 1. The van der Waals surface area contributed by atoms with Gasteiger partial charge in [0.25, 0.3) is 0 Å². The molecule has 0 spiro atoms. The molecule has 3 nitrogen and oxygen atoms in total. The van der Waals surface area contributed by atoms with Gasteiger partial charge in [0.05, 0.1) is 0 Å². The van der Waals surface area contributed by atoms with E-state index in [1.807, 2.05) is 18.2 Å². The van der Waals surface area contributed by atoms with E-state index in [0.29, 0.717) is 0 Å². The van der Waals surface area contributed by atoms with Crippen molar-refractivity contribution in [2.24, 2.45) is 0 Å². The Bertz CT molecular complexity index is 478. The molecule has 1 aromatic carbocycles. The smallest absolute Gasteiger partial charge is 0.328 e. The van der Waals surface area contributed by atoms with Gasteiger partial charge in [-0.25, -0.2) is 4.79 Å². The fourth-order valence-corrected chi connectivity index (χ4v) is 2.41. The van der Waals surface area contributed by atoms with E-state index in [0.717, 1.165) is 24.7 Å². The Morgan fingerprint density at radius 3 is 2.80 bits per heavy atom. The summed E-state index contributed by atoms with van der Waals surface area (Å²) < 4.78 is 0. The summed E-state index contributed by atoms with van der Waals surface area (Å²) >= 11 is 0. The van der Waals surface area contributed by atoms with Crippen LogP contribution in [-0.2, 0) is 11.3 Å². The Morgan fingerprint density at radius 1 is 1.40 bits per heavy atom. The topological polar surface area (TPSA) is 40.5 Å². The van der Waals surface area contributed by atoms with Gasteiger partial charge in [-0.1, -0.05) is 37.6 Å². The third-order valence-corrected chi connectivity index (χ3v) is 3.70. The molecule has 1 fully saturated rings. The minimum Gasteiger partial charge on any atom is -0.478 e. The molecule has 3 heteroatoms. The predicted molar refractivity (Wildman–Crippen MR) is 81.5 cm³/mol. The monoisotopic (exact) mass is 273 g/mol. The standard InChI is InChI=1S/C17H23NO2/c1-2-3-12-18(16-9-10-16)13-15-7-5-4-6-14(15)8-11-17(19)20/h4-8,11,16H,2-3,9-10,12-13H2,1H3,(H,19,20). The maximum Gasteiger partial charge on any atom is 0.328 e. The van der Waals surface area contributed by atoms with E-state index in [1.165, 1.54) is 37.3 Å². The van der Waals surface area contributed by atoms with E-state index in [9.17, 15) is 4.79 Å². The van der Waals surface area contributed by atoms with Gasteiger partial charge < -0.3 is 5.11 Å². The van der Waals surface area contributed by atoms with E-state index in [-0.39, 0.29) is 0 Å². The molecule has 1 aliphatic carbocycles. The quantitative estimate of drug-likeness (QED) is 0.736. The molecule has 0 bridgehead atoms. The second kappa shape index (κ2) is 7.25. The summed E-state index contributed by atoms with van der Waals surface area (Å²) in [5, 5.41) is 8.76. The molecular weight excluding hydrogens is 250 g/mol. The van der Waals surface area contributed by atoms with E-state index in [1.54, 1.807) is 6.08 Å². The molecule has 0 amide bonds. The van der Waals surface area contributed by atoms with Gasteiger partial charge in [-0.3, -0.25) is 4.90 Å². The van der Waals surface area contributed by atoms with E-state index >= 15 is 0 Å². The van der Waals surface area contributed by atoms with Crippen molar-refractivity contribution in [3.63, 3.8) is 0 Å². The lowest BCUT2D eigenvalue weighted by Gasteiger charge is -2.22. The number of hydrogen-bond donors (Lipinski definition) is 1. The highest BCUT2D eigenvalue weighted by Crippen LogP contribution is 2.29. The van der Waals surface area contributed by atoms with Gasteiger partial charge in [0.2, 0.25) is 0 Å². The van der Waals surface area contributed by atoms with Crippen molar-refractivity contribution in [2.45, 2.75) is 45.2 Å². The molecule has 1 saturated carbocycles. The molecule has 0 saturated heterocycles. The fraction of sp³-hybridized carbons (Fsp3) is 0.471. The summed E-state index contributed by atoms with van der Waals surface area (Å²) in [4.78, 5) is 13.2. The maximum absolute atomic E-state index is 10.7. The van der Waals surface area contributed by atoms with Crippen molar-refractivity contribution in [1.82, 2.24) is 4.90 Å². The number of carboxylic acid groups (broad SMARTS) is 1. The van der Waals surface area contributed by atoms with Crippen molar-refractivity contribution >= 4 is 12.0 Å². The van der Waals surface area contributed by atoms with Crippen LogP contribution in [0, 0.1) is 0 Å². The molecule has 1 aromatic rings. The summed E-state index contributed by atoms with van der Waals surface area (Å²) in [6.45, 7) is 4.28. The highest BCUT2D eigenvalue weighted by atomic mass is 16.4. The first-order valence-corrected chi connectivity index (χ1v) is 7.43. The van der Waals surface area contributed by atoms with Crippen molar-refractivity contribution in [3.05, 3.63) is 41.5 Å². The Balaban J connectivity index is 2.08. The first kappa shape index (κ1) is 14.8. The molecule has 0 heterocycles. The van der Waals surface area contributed by atoms with Crippen molar-refractivity contribution in [2.75, 3.05) is 6.54 Å². The van der Waals surface area contributed by atoms with Gasteiger partial charge in [-0.05, 0) is 43.0 Å². The van der Waals surface area contributed by atoms with Crippen LogP contribution in [-0.4, -0.2) is 28.6 Å². The van der Waals surface area contributed by atoms with Gasteiger partial charge in [-0.15, -0.1) is 0 Å². The van der Waals surface area contributed by atoms with Gasteiger partial charge >= 0.3 is 5.97 Å². The fourth-order valence-electron chi connectivity index (χ4n) is 2.41. The molecule has 0 unspecified atom stereocenters. The molecule has 108 valence electrons. The minimum absolute atomic E-state index is 0.734. The number of unbranched alkanes of at least 4 members (excludes halogenated alkanes) is 1. The van der Waals surface area contributed by atoms with E-state index in [4.69, 9.17) is 5.11 Å².